The quantitative estimate of drug-likeness (QED) is 0.143. The Bertz CT molecular complexity index is 1580. The first-order chi connectivity index (χ1) is 22.1. The number of benzene rings is 3. The summed E-state index contributed by atoms with van der Waals surface area (Å²) in [4.78, 5) is 65.7. The number of alkyl carbamates (subject to hydrolysis) is 1. The number of nitrogens with one attached hydrogen (secondary N) is 2. The minimum Gasteiger partial charge on any atom is -0.467 e. The lowest BCUT2D eigenvalue weighted by Gasteiger charge is -2.44. The molecule has 0 radical (unpaired) electrons. The number of amides is 3. The number of fused-ring (bicyclic) bond motifs is 1. The number of rotatable bonds is 10. The van der Waals surface area contributed by atoms with Gasteiger partial charge in [-0.1, -0.05) is 72.8 Å². The Balaban J connectivity index is 1.27. The van der Waals surface area contributed by atoms with Crippen LogP contribution in [0.3, 0.4) is 0 Å². The average molecular weight is 648 g/mol. The lowest BCUT2D eigenvalue weighted by Crippen LogP contribution is -2.71. The van der Waals surface area contributed by atoms with Crippen molar-refractivity contribution in [3.63, 3.8) is 0 Å². The van der Waals surface area contributed by atoms with Gasteiger partial charge in [0.25, 0.3) is 0 Å². The minimum atomic E-state index is -1.28. The molecule has 2 N–H and O–H groups in total. The summed E-state index contributed by atoms with van der Waals surface area (Å²) in [7, 11) is 1.26. The number of carbonyl (C=O) groups is 5. The molecule has 3 aromatic carbocycles. The van der Waals surface area contributed by atoms with Crippen LogP contribution in [-0.4, -0.2) is 64.2 Å². The summed E-state index contributed by atoms with van der Waals surface area (Å²) < 4.78 is 20.0. The average Bonchev–Trinajstić information content (AvgIpc) is 3.32. The standard InChI is InChI=1S/C33H33N3O9S/c1-33(2)26(30(39)42-3)36-28(38)25(29(36)46-33)34-27(37)24(35-31(40)43-18-20-10-6-4-7-11-20)22-14-16-23(17-15-22)45-32(41)44-19-21-12-8-5-9-13-21/h4-17,24-26,29H,18-19H2,1-3H3,(H,34,37)(H,35,40)/t24?,25-,26+,29-/m1/s1. The molecule has 0 spiro atoms. The van der Waals surface area contributed by atoms with Gasteiger partial charge in [0.15, 0.2) is 0 Å². The molecule has 3 aromatic rings. The molecular formula is C33H33N3O9S. The fraction of sp³-hybridized carbons (Fsp3) is 0.303. The molecule has 2 aliphatic rings. The number of nitrogens with zero attached hydrogens (tertiary/aromatic N) is 1. The van der Waals surface area contributed by atoms with E-state index in [1.165, 1.54) is 48.0 Å². The summed E-state index contributed by atoms with van der Waals surface area (Å²) >= 11 is 1.38. The van der Waals surface area contributed by atoms with E-state index >= 15 is 0 Å². The third-order valence-corrected chi connectivity index (χ3v) is 9.09. The summed E-state index contributed by atoms with van der Waals surface area (Å²) in [5, 5.41) is 4.80. The number of carbonyl (C=O) groups excluding carboxylic acids is 5. The molecule has 2 heterocycles. The van der Waals surface area contributed by atoms with Gasteiger partial charge >= 0.3 is 18.2 Å². The predicted octanol–water partition coefficient (Wildman–Crippen LogP) is 4.09. The summed E-state index contributed by atoms with van der Waals surface area (Å²) in [5.41, 5.74) is 1.87. The molecule has 0 aliphatic carbocycles. The molecule has 0 aromatic heterocycles. The van der Waals surface area contributed by atoms with Crippen LogP contribution in [0.5, 0.6) is 5.75 Å². The van der Waals surface area contributed by atoms with E-state index in [0.717, 1.165) is 11.1 Å². The van der Waals surface area contributed by atoms with Gasteiger partial charge in [0.05, 0.1) is 7.11 Å². The predicted molar refractivity (Wildman–Crippen MR) is 166 cm³/mol. The summed E-state index contributed by atoms with van der Waals surface area (Å²) in [6, 6.07) is 21.0. The number of β-lactam (4-membered cyclic amide) rings is 1. The monoisotopic (exact) mass is 647 g/mol. The molecule has 3 amide bonds. The zero-order valence-electron chi connectivity index (χ0n) is 25.3. The molecule has 4 atom stereocenters. The maximum absolute atomic E-state index is 13.6. The Kier molecular flexibility index (Phi) is 9.81. The minimum absolute atomic E-state index is 0.0301. The first kappa shape index (κ1) is 32.4. The second-order valence-corrected chi connectivity index (χ2v) is 12.9. The van der Waals surface area contributed by atoms with Gasteiger partial charge in [-0.15, -0.1) is 11.8 Å². The second-order valence-electron chi connectivity index (χ2n) is 11.1. The molecule has 0 saturated carbocycles. The van der Waals surface area contributed by atoms with Crippen molar-refractivity contribution in [2.75, 3.05) is 7.11 Å². The van der Waals surface area contributed by atoms with E-state index < -0.39 is 58.3 Å². The number of methoxy groups -OCH3 is 1. The van der Waals surface area contributed by atoms with Crippen molar-refractivity contribution in [3.05, 3.63) is 102 Å². The lowest BCUT2D eigenvalue weighted by atomic mass is 9.95. The van der Waals surface area contributed by atoms with E-state index in [9.17, 15) is 24.0 Å². The first-order valence-corrected chi connectivity index (χ1v) is 15.3. The van der Waals surface area contributed by atoms with Crippen LogP contribution in [0.25, 0.3) is 0 Å². The molecule has 1 unspecified atom stereocenters. The Morgan fingerprint density at radius 2 is 1.46 bits per heavy atom. The number of hydrogen-bond acceptors (Lipinski definition) is 10. The van der Waals surface area contributed by atoms with Gasteiger partial charge in [0.2, 0.25) is 11.8 Å². The van der Waals surface area contributed by atoms with Crippen molar-refractivity contribution in [2.24, 2.45) is 0 Å². The van der Waals surface area contributed by atoms with Gasteiger partial charge in [-0.2, -0.15) is 0 Å². The van der Waals surface area contributed by atoms with E-state index in [2.05, 4.69) is 10.6 Å². The van der Waals surface area contributed by atoms with Crippen LogP contribution >= 0.6 is 11.8 Å². The van der Waals surface area contributed by atoms with E-state index in [0.29, 0.717) is 5.56 Å². The SMILES string of the molecule is COC(=O)[C@@H]1N2C(=O)[C@@H](NC(=O)C(NC(=O)OCc3ccccc3)c3ccc(OC(=O)OCc4ccccc4)cc3)[C@H]2SC1(C)C. The smallest absolute Gasteiger partial charge is 0.467 e. The fourth-order valence-corrected chi connectivity index (χ4v) is 6.85. The molecular weight excluding hydrogens is 614 g/mol. The first-order valence-electron chi connectivity index (χ1n) is 14.4. The number of ether oxygens (including phenoxy) is 4. The Hall–Kier alpha value is -5.04. The van der Waals surface area contributed by atoms with E-state index in [4.69, 9.17) is 18.9 Å². The van der Waals surface area contributed by atoms with Crippen molar-refractivity contribution in [3.8, 4) is 5.75 Å². The molecule has 0 bridgehead atoms. The summed E-state index contributed by atoms with van der Waals surface area (Å²) in [5.74, 6) is -1.50. The zero-order valence-corrected chi connectivity index (χ0v) is 26.2. The summed E-state index contributed by atoms with van der Waals surface area (Å²) in [6.45, 7) is 3.66. The van der Waals surface area contributed by atoms with Crippen LogP contribution in [0, 0.1) is 0 Å². The van der Waals surface area contributed by atoms with Crippen LogP contribution in [0.1, 0.15) is 36.6 Å². The Morgan fingerprint density at radius 1 is 0.870 bits per heavy atom. The van der Waals surface area contributed by atoms with Crippen LogP contribution in [0.15, 0.2) is 84.9 Å². The van der Waals surface area contributed by atoms with Gasteiger partial charge in [0.1, 0.15) is 42.5 Å². The van der Waals surface area contributed by atoms with Gasteiger partial charge in [0, 0.05) is 4.75 Å². The highest BCUT2D eigenvalue weighted by atomic mass is 32.2. The second kappa shape index (κ2) is 13.9. The van der Waals surface area contributed by atoms with E-state index in [1.54, 1.807) is 24.3 Å². The molecule has 5 rings (SSSR count). The Morgan fingerprint density at radius 3 is 2.04 bits per heavy atom. The van der Waals surface area contributed by atoms with Crippen molar-refractivity contribution in [1.29, 1.82) is 0 Å². The lowest BCUT2D eigenvalue weighted by molar-refractivity contribution is -0.162. The summed E-state index contributed by atoms with van der Waals surface area (Å²) in [6.07, 6.45) is -1.78. The molecule has 13 heteroatoms. The molecule has 2 fully saturated rings. The normalized spacial score (nSPS) is 19.9. The van der Waals surface area contributed by atoms with Gasteiger partial charge in [-0.25, -0.2) is 14.4 Å². The largest absolute Gasteiger partial charge is 0.514 e. The molecule has 2 saturated heterocycles. The van der Waals surface area contributed by atoms with Crippen LogP contribution in [0.4, 0.5) is 9.59 Å². The van der Waals surface area contributed by atoms with Crippen LogP contribution < -0.4 is 15.4 Å². The fourth-order valence-electron chi connectivity index (χ4n) is 5.23. The Labute approximate surface area is 269 Å². The van der Waals surface area contributed by atoms with Gasteiger partial charge in [-0.05, 0) is 42.7 Å². The van der Waals surface area contributed by atoms with Gasteiger partial charge in [-0.3, -0.25) is 9.59 Å². The molecule has 46 heavy (non-hydrogen) atoms. The van der Waals surface area contributed by atoms with Crippen LogP contribution in [0.2, 0.25) is 0 Å². The highest BCUT2D eigenvalue weighted by Gasteiger charge is 2.64. The van der Waals surface area contributed by atoms with Crippen molar-refractivity contribution < 1.29 is 42.9 Å². The van der Waals surface area contributed by atoms with Crippen molar-refractivity contribution in [2.45, 2.75) is 55.3 Å². The maximum Gasteiger partial charge on any atom is 0.514 e. The highest BCUT2D eigenvalue weighted by molar-refractivity contribution is 8.01. The van der Waals surface area contributed by atoms with Crippen molar-refractivity contribution in [1.82, 2.24) is 15.5 Å². The number of hydrogen-bond donors (Lipinski definition) is 2. The maximum atomic E-state index is 13.6. The third kappa shape index (κ3) is 7.26. The van der Waals surface area contributed by atoms with E-state index in [1.807, 2.05) is 50.2 Å². The molecule has 12 nitrogen and oxygen atoms in total. The zero-order chi connectivity index (χ0) is 32.8. The number of esters is 1. The molecule has 240 valence electrons. The molecule has 2 aliphatic heterocycles. The van der Waals surface area contributed by atoms with Gasteiger partial charge < -0.3 is 34.5 Å². The highest BCUT2D eigenvalue weighted by Crippen LogP contribution is 2.51. The topological polar surface area (TPSA) is 150 Å². The van der Waals surface area contributed by atoms with E-state index in [-0.39, 0.29) is 19.0 Å². The number of thioether (sulfide) groups is 1. The van der Waals surface area contributed by atoms with Crippen LogP contribution in [-0.2, 0) is 41.8 Å². The van der Waals surface area contributed by atoms with Crippen molar-refractivity contribution >= 4 is 41.8 Å². The third-order valence-electron chi connectivity index (χ3n) is 7.51.